The molecule has 4 unspecified atom stereocenters. The van der Waals surface area contributed by atoms with Gasteiger partial charge in [-0.3, -0.25) is 4.21 Å². The zero-order valence-electron chi connectivity index (χ0n) is 11.6. The lowest BCUT2D eigenvalue weighted by Crippen LogP contribution is -2.46. The molecule has 1 fully saturated rings. The number of nitrogens with two attached hydrogens (primary N) is 1. The zero-order chi connectivity index (χ0) is 13.1. The van der Waals surface area contributed by atoms with E-state index in [1.165, 1.54) is 6.42 Å². The molecule has 4 heteroatoms. The van der Waals surface area contributed by atoms with Gasteiger partial charge < -0.3 is 10.5 Å². The van der Waals surface area contributed by atoms with Crippen LogP contribution in [0.4, 0.5) is 0 Å². The van der Waals surface area contributed by atoms with Crippen LogP contribution in [0, 0.1) is 11.3 Å². The summed E-state index contributed by atoms with van der Waals surface area (Å²) in [7, 11) is 0.807. The van der Waals surface area contributed by atoms with Crippen LogP contribution < -0.4 is 5.73 Å². The fourth-order valence-corrected chi connectivity index (χ4v) is 4.16. The lowest BCUT2D eigenvalue weighted by atomic mass is 9.71. The minimum atomic E-state index is -0.842. The Hall–Kier alpha value is 0.0700. The molecule has 2 N–H and O–H groups in total. The maximum atomic E-state index is 12.2. The van der Waals surface area contributed by atoms with Crippen LogP contribution in [0.3, 0.4) is 0 Å². The Bertz CT molecular complexity index is 263. The molecular formula is C13H27NO2S. The molecule has 0 spiro atoms. The van der Waals surface area contributed by atoms with Crippen LogP contribution in [-0.4, -0.2) is 35.0 Å². The Balaban J connectivity index is 2.60. The largest absolute Gasteiger partial charge is 0.384 e. The molecule has 3 nitrogen and oxygen atoms in total. The average Bonchev–Trinajstić information content (AvgIpc) is 2.24. The first-order valence-corrected chi connectivity index (χ1v) is 7.86. The molecule has 1 aliphatic carbocycles. The molecule has 0 amide bonds. The van der Waals surface area contributed by atoms with E-state index in [2.05, 4.69) is 20.8 Å². The van der Waals surface area contributed by atoms with E-state index in [0.29, 0.717) is 23.7 Å². The van der Waals surface area contributed by atoms with Crippen molar-refractivity contribution in [3.63, 3.8) is 0 Å². The average molecular weight is 261 g/mol. The molecule has 0 aromatic heterocycles. The number of hydrogen-bond acceptors (Lipinski definition) is 3. The van der Waals surface area contributed by atoms with E-state index in [4.69, 9.17) is 10.5 Å². The molecule has 1 saturated carbocycles. The third-order valence-corrected chi connectivity index (χ3v) is 5.68. The van der Waals surface area contributed by atoms with Gasteiger partial charge in [-0.2, -0.15) is 0 Å². The summed E-state index contributed by atoms with van der Waals surface area (Å²) in [6.45, 7) is 7.37. The summed E-state index contributed by atoms with van der Waals surface area (Å²) in [4.78, 5) is 0. The summed E-state index contributed by atoms with van der Waals surface area (Å²) < 4.78 is 17.2. The number of hydrogen-bond donors (Lipinski definition) is 1. The molecule has 0 aromatic rings. The van der Waals surface area contributed by atoms with Crippen molar-refractivity contribution in [3.05, 3.63) is 0 Å². The third-order valence-electron chi connectivity index (χ3n) is 3.89. The lowest BCUT2D eigenvalue weighted by Gasteiger charge is -2.40. The van der Waals surface area contributed by atoms with Crippen LogP contribution in [-0.2, 0) is 15.5 Å². The summed E-state index contributed by atoms with van der Waals surface area (Å²) in [5.74, 6) is 1.25. The van der Waals surface area contributed by atoms with Crippen LogP contribution in [0.25, 0.3) is 0 Å². The van der Waals surface area contributed by atoms with E-state index in [1.54, 1.807) is 7.11 Å². The maximum Gasteiger partial charge on any atom is 0.0577 e. The van der Waals surface area contributed by atoms with Gasteiger partial charge in [-0.1, -0.05) is 20.8 Å². The molecule has 1 aliphatic rings. The smallest absolute Gasteiger partial charge is 0.0577 e. The first-order chi connectivity index (χ1) is 7.86. The van der Waals surface area contributed by atoms with Crippen LogP contribution >= 0.6 is 0 Å². The van der Waals surface area contributed by atoms with Crippen LogP contribution in [0.2, 0.25) is 0 Å². The van der Waals surface area contributed by atoms with Crippen LogP contribution in [0.5, 0.6) is 0 Å². The van der Waals surface area contributed by atoms with Crippen molar-refractivity contribution in [3.8, 4) is 0 Å². The van der Waals surface area contributed by atoms with Gasteiger partial charge in [0.1, 0.15) is 0 Å². The Morgan fingerprint density at radius 1 is 1.35 bits per heavy atom. The van der Waals surface area contributed by atoms with Gasteiger partial charge in [0.2, 0.25) is 0 Å². The second-order valence-electron chi connectivity index (χ2n) is 6.16. The second kappa shape index (κ2) is 6.30. The van der Waals surface area contributed by atoms with Crippen molar-refractivity contribution < 1.29 is 8.95 Å². The standard InChI is InChI=1S/C13H27NO2S/c1-13(2,3)10-5-6-11(14)12(9-10)17(15)8-7-16-4/h10-12H,5-9,14H2,1-4H3. The molecule has 0 aliphatic heterocycles. The molecule has 4 atom stereocenters. The summed E-state index contributed by atoms with van der Waals surface area (Å²) in [5.41, 5.74) is 6.42. The molecular weight excluding hydrogens is 234 g/mol. The van der Waals surface area contributed by atoms with Crippen molar-refractivity contribution >= 4 is 10.8 Å². The molecule has 102 valence electrons. The van der Waals surface area contributed by atoms with E-state index >= 15 is 0 Å². The monoisotopic (exact) mass is 261 g/mol. The molecule has 17 heavy (non-hydrogen) atoms. The predicted molar refractivity (Wildman–Crippen MR) is 73.4 cm³/mol. The van der Waals surface area contributed by atoms with Gasteiger partial charge in [-0.05, 0) is 30.6 Å². The highest BCUT2D eigenvalue weighted by Gasteiger charge is 2.36. The Morgan fingerprint density at radius 2 is 2.00 bits per heavy atom. The third kappa shape index (κ3) is 4.34. The van der Waals surface area contributed by atoms with Gasteiger partial charge in [0.25, 0.3) is 0 Å². The Kier molecular flexibility index (Phi) is 5.61. The van der Waals surface area contributed by atoms with Crippen molar-refractivity contribution in [1.29, 1.82) is 0 Å². The molecule has 0 heterocycles. The van der Waals surface area contributed by atoms with Gasteiger partial charge in [0.15, 0.2) is 0 Å². The highest BCUT2D eigenvalue weighted by atomic mass is 32.2. The van der Waals surface area contributed by atoms with Crippen LogP contribution in [0.15, 0.2) is 0 Å². The second-order valence-corrected chi connectivity index (χ2v) is 7.93. The Labute approximate surface area is 108 Å². The quantitative estimate of drug-likeness (QED) is 0.841. The van der Waals surface area contributed by atoms with Crippen molar-refractivity contribution in [1.82, 2.24) is 0 Å². The number of methoxy groups -OCH3 is 1. The molecule has 0 bridgehead atoms. The SMILES string of the molecule is COCCS(=O)C1CC(C(C)(C)C)CCC1N. The maximum absolute atomic E-state index is 12.2. The van der Waals surface area contributed by atoms with Gasteiger partial charge in [0, 0.05) is 29.7 Å². The van der Waals surface area contributed by atoms with Crippen molar-refractivity contribution in [2.24, 2.45) is 17.1 Å². The molecule has 0 saturated heterocycles. The summed E-state index contributed by atoms with van der Waals surface area (Å²) in [6.07, 6.45) is 3.18. The lowest BCUT2D eigenvalue weighted by molar-refractivity contribution is 0.172. The van der Waals surface area contributed by atoms with Gasteiger partial charge in [-0.15, -0.1) is 0 Å². The van der Waals surface area contributed by atoms with E-state index < -0.39 is 10.8 Å². The van der Waals surface area contributed by atoms with E-state index in [9.17, 15) is 4.21 Å². The predicted octanol–water partition coefficient (Wildman–Crippen LogP) is 1.92. The minimum absolute atomic E-state index is 0.103. The zero-order valence-corrected chi connectivity index (χ0v) is 12.4. The van der Waals surface area contributed by atoms with Crippen LogP contribution in [0.1, 0.15) is 40.0 Å². The topological polar surface area (TPSA) is 52.3 Å². The fraction of sp³-hybridized carbons (Fsp3) is 1.00. The van der Waals surface area contributed by atoms with E-state index in [0.717, 1.165) is 12.8 Å². The molecule has 1 rings (SSSR count). The van der Waals surface area contributed by atoms with Gasteiger partial charge in [0.05, 0.1) is 11.9 Å². The summed E-state index contributed by atoms with van der Waals surface area (Å²) in [6, 6.07) is 0.103. The molecule has 0 aromatic carbocycles. The van der Waals surface area contributed by atoms with Gasteiger partial charge >= 0.3 is 0 Å². The first kappa shape index (κ1) is 15.1. The summed E-state index contributed by atoms with van der Waals surface area (Å²) >= 11 is 0. The first-order valence-electron chi connectivity index (χ1n) is 6.48. The van der Waals surface area contributed by atoms with E-state index in [-0.39, 0.29) is 11.3 Å². The van der Waals surface area contributed by atoms with Crippen molar-refractivity contribution in [2.45, 2.75) is 51.3 Å². The Morgan fingerprint density at radius 3 is 2.53 bits per heavy atom. The number of rotatable bonds is 4. The fourth-order valence-electron chi connectivity index (χ4n) is 2.56. The minimum Gasteiger partial charge on any atom is -0.384 e. The summed E-state index contributed by atoms with van der Waals surface area (Å²) in [5, 5.41) is 0.156. The number of ether oxygens (including phenoxy) is 1. The van der Waals surface area contributed by atoms with E-state index in [1.807, 2.05) is 0 Å². The molecule has 0 radical (unpaired) electrons. The van der Waals surface area contributed by atoms with Gasteiger partial charge in [-0.25, -0.2) is 0 Å². The highest BCUT2D eigenvalue weighted by molar-refractivity contribution is 7.85. The normalized spacial score (nSPS) is 32.4. The van der Waals surface area contributed by atoms with Crippen molar-refractivity contribution in [2.75, 3.05) is 19.5 Å². The highest BCUT2D eigenvalue weighted by Crippen LogP contribution is 2.38.